The molecule has 0 aliphatic rings. The van der Waals surface area contributed by atoms with E-state index >= 15 is 0 Å². The standard InChI is InChI=1S/C12H7BrN4O/c13-10-3-2-9(7-15-10)12(18)17-11-4-1-8(5-14)6-16-11/h1-4,6-7H,(H,16,17,18). The van der Waals surface area contributed by atoms with Crippen LogP contribution in [0.4, 0.5) is 5.82 Å². The molecule has 0 aromatic carbocycles. The largest absolute Gasteiger partial charge is 0.307 e. The monoisotopic (exact) mass is 302 g/mol. The average Bonchev–Trinajstić information content (AvgIpc) is 2.40. The van der Waals surface area contributed by atoms with Crippen LogP contribution in [-0.4, -0.2) is 15.9 Å². The summed E-state index contributed by atoms with van der Waals surface area (Å²) in [5, 5.41) is 11.2. The Morgan fingerprint density at radius 1 is 1.22 bits per heavy atom. The predicted molar refractivity (Wildman–Crippen MR) is 68.8 cm³/mol. The summed E-state index contributed by atoms with van der Waals surface area (Å²) in [6.45, 7) is 0. The topological polar surface area (TPSA) is 78.7 Å². The summed E-state index contributed by atoms with van der Waals surface area (Å²) >= 11 is 3.19. The molecular formula is C12H7BrN4O. The molecule has 1 N–H and O–H groups in total. The number of carbonyl (C=O) groups excluding carboxylic acids is 1. The zero-order valence-electron chi connectivity index (χ0n) is 9.09. The van der Waals surface area contributed by atoms with Crippen molar-refractivity contribution in [2.24, 2.45) is 0 Å². The smallest absolute Gasteiger partial charge is 0.258 e. The van der Waals surface area contributed by atoms with Crippen molar-refractivity contribution in [3.63, 3.8) is 0 Å². The van der Waals surface area contributed by atoms with Crippen molar-refractivity contribution in [1.82, 2.24) is 9.97 Å². The Morgan fingerprint density at radius 3 is 2.61 bits per heavy atom. The van der Waals surface area contributed by atoms with E-state index in [1.54, 1.807) is 24.3 Å². The number of nitrogens with zero attached hydrogens (tertiary/aromatic N) is 3. The van der Waals surface area contributed by atoms with Crippen LogP contribution in [0.3, 0.4) is 0 Å². The lowest BCUT2D eigenvalue weighted by Gasteiger charge is -2.03. The van der Waals surface area contributed by atoms with Crippen LogP contribution in [0.5, 0.6) is 0 Å². The number of pyridine rings is 2. The maximum absolute atomic E-state index is 11.8. The second-order valence-corrected chi connectivity index (χ2v) is 4.18. The van der Waals surface area contributed by atoms with Gasteiger partial charge in [0, 0.05) is 12.4 Å². The maximum Gasteiger partial charge on any atom is 0.258 e. The van der Waals surface area contributed by atoms with Gasteiger partial charge in [-0.05, 0) is 40.2 Å². The molecule has 6 heteroatoms. The van der Waals surface area contributed by atoms with Gasteiger partial charge in [-0.3, -0.25) is 4.79 Å². The summed E-state index contributed by atoms with van der Waals surface area (Å²) in [5.74, 6) is 0.0918. The Kier molecular flexibility index (Phi) is 3.65. The molecule has 1 amide bonds. The number of nitriles is 1. The Balaban J connectivity index is 2.11. The molecule has 0 fully saturated rings. The first-order chi connectivity index (χ1) is 8.69. The van der Waals surface area contributed by atoms with Crippen LogP contribution >= 0.6 is 15.9 Å². The lowest BCUT2D eigenvalue weighted by atomic mass is 10.2. The maximum atomic E-state index is 11.8. The minimum absolute atomic E-state index is 0.299. The lowest BCUT2D eigenvalue weighted by Crippen LogP contribution is -2.13. The molecule has 2 heterocycles. The van der Waals surface area contributed by atoms with E-state index in [4.69, 9.17) is 5.26 Å². The number of amides is 1. The number of carbonyl (C=O) groups is 1. The van der Waals surface area contributed by atoms with Gasteiger partial charge in [0.15, 0.2) is 0 Å². The van der Waals surface area contributed by atoms with E-state index in [0.29, 0.717) is 21.5 Å². The van der Waals surface area contributed by atoms with Crippen molar-refractivity contribution >= 4 is 27.7 Å². The second-order valence-electron chi connectivity index (χ2n) is 3.37. The van der Waals surface area contributed by atoms with Gasteiger partial charge in [0.05, 0.1) is 11.1 Å². The van der Waals surface area contributed by atoms with E-state index in [0.717, 1.165) is 0 Å². The van der Waals surface area contributed by atoms with E-state index in [1.165, 1.54) is 12.4 Å². The minimum atomic E-state index is -0.299. The van der Waals surface area contributed by atoms with E-state index in [1.807, 2.05) is 6.07 Å². The molecule has 0 bridgehead atoms. The highest BCUT2D eigenvalue weighted by molar-refractivity contribution is 9.10. The molecule has 88 valence electrons. The fourth-order valence-electron chi connectivity index (χ4n) is 1.23. The quantitative estimate of drug-likeness (QED) is 0.864. The molecule has 0 saturated carbocycles. The molecule has 0 aliphatic heterocycles. The van der Waals surface area contributed by atoms with Crippen LogP contribution in [-0.2, 0) is 0 Å². The summed E-state index contributed by atoms with van der Waals surface area (Å²) in [7, 11) is 0. The third-order valence-corrected chi connectivity index (χ3v) is 2.59. The van der Waals surface area contributed by atoms with Crippen LogP contribution in [0.25, 0.3) is 0 Å². The molecule has 0 aliphatic carbocycles. The van der Waals surface area contributed by atoms with Crippen molar-refractivity contribution in [2.75, 3.05) is 5.32 Å². The van der Waals surface area contributed by atoms with Crippen LogP contribution in [0.1, 0.15) is 15.9 Å². The first kappa shape index (κ1) is 12.2. The van der Waals surface area contributed by atoms with Crippen LogP contribution in [0.15, 0.2) is 41.3 Å². The van der Waals surface area contributed by atoms with E-state index < -0.39 is 0 Å². The highest BCUT2D eigenvalue weighted by Gasteiger charge is 2.06. The SMILES string of the molecule is N#Cc1ccc(NC(=O)c2ccc(Br)nc2)nc1. The van der Waals surface area contributed by atoms with E-state index in [9.17, 15) is 4.79 Å². The van der Waals surface area contributed by atoms with Gasteiger partial charge in [-0.1, -0.05) is 0 Å². The first-order valence-electron chi connectivity index (χ1n) is 4.98. The zero-order chi connectivity index (χ0) is 13.0. The summed E-state index contributed by atoms with van der Waals surface area (Å²) in [4.78, 5) is 19.7. The van der Waals surface area contributed by atoms with Crippen molar-refractivity contribution in [3.8, 4) is 6.07 Å². The van der Waals surface area contributed by atoms with Gasteiger partial charge in [-0.2, -0.15) is 5.26 Å². The van der Waals surface area contributed by atoms with E-state index in [-0.39, 0.29) is 5.91 Å². The number of rotatable bonds is 2. The number of halogens is 1. The van der Waals surface area contributed by atoms with Crippen molar-refractivity contribution < 1.29 is 4.79 Å². The first-order valence-corrected chi connectivity index (χ1v) is 5.77. The molecule has 0 saturated heterocycles. The van der Waals surface area contributed by atoms with Gasteiger partial charge in [0.1, 0.15) is 16.5 Å². The summed E-state index contributed by atoms with van der Waals surface area (Å²) in [6.07, 6.45) is 2.86. The van der Waals surface area contributed by atoms with Crippen molar-refractivity contribution in [1.29, 1.82) is 5.26 Å². The number of hydrogen-bond donors (Lipinski definition) is 1. The summed E-state index contributed by atoms with van der Waals surface area (Å²) in [6, 6.07) is 8.44. The van der Waals surface area contributed by atoms with Gasteiger partial charge in [-0.15, -0.1) is 0 Å². The average molecular weight is 303 g/mol. The second kappa shape index (κ2) is 5.38. The summed E-state index contributed by atoms with van der Waals surface area (Å²) < 4.78 is 0.663. The number of aromatic nitrogens is 2. The van der Waals surface area contributed by atoms with Crippen LogP contribution < -0.4 is 5.32 Å². The molecule has 2 aromatic heterocycles. The Hall–Kier alpha value is -2.26. The molecular weight excluding hydrogens is 296 g/mol. The summed E-state index contributed by atoms with van der Waals surface area (Å²) in [5.41, 5.74) is 0.877. The molecule has 18 heavy (non-hydrogen) atoms. The Bertz CT molecular complexity index is 601. The fourth-order valence-corrected chi connectivity index (χ4v) is 1.47. The fraction of sp³-hybridized carbons (Fsp3) is 0. The Labute approximate surface area is 112 Å². The molecule has 2 rings (SSSR count). The van der Waals surface area contributed by atoms with Crippen LogP contribution in [0.2, 0.25) is 0 Å². The molecule has 0 atom stereocenters. The van der Waals surface area contributed by atoms with Gasteiger partial charge in [0.2, 0.25) is 0 Å². The third kappa shape index (κ3) is 2.90. The number of anilines is 1. The molecule has 2 aromatic rings. The number of nitrogens with one attached hydrogen (secondary N) is 1. The van der Waals surface area contributed by atoms with Crippen molar-refractivity contribution in [3.05, 3.63) is 52.4 Å². The Morgan fingerprint density at radius 2 is 2.06 bits per heavy atom. The minimum Gasteiger partial charge on any atom is -0.307 e. The molecule has 0 spiro atoms. The van der Waals surface area contributed by atoms with Gasteiger partial charge >= 0.3 is 0 Å². The van der Waals surface area contributed by atoms with E-state index in [2.05, 4.69) is 31.2 Å². The highest BCUT2D eigenvalue weighted by Crippen LogP contribution is 2.09. The van der Waals surface area contributed by atoms with Gasteiger partial charge < -0.3 is 5.32 Å². The van der Waals surface area contributed by atoms with Crippen molar-refractivity contribution in [2.45, 2.75) is 0 Å². The van der Waals surface area contributed by atoms with Gasteiger partial charge in [-0.25, -0.2) is 9.97 Å². The highest BCUT2D eigenvalue weighted by atomic mass is 79.9. The molecule has 0 unspecified atom stereocenters. The van der Waals surface area contributed by atoms with Crippen LogP contribution in [0, 0.1) is 11.3 Å². The normalized spacial score (nSPS) is 9.56. The van der Waals surface area contributed by atoms with Gasteiger partial charge in [0.25, 0.3) is 5.91 Å². The molecule has 0 radical (unpaired) electrons. The lowest BCUT2D eigenvalue weighted by molar-refractivity contribution is 0.102. The number of hydrogen-bond acceptors (Lipinski definition) is 4. The predicted octanol–water partition coefficient (Wildman–Crippen LogP) is 2.36. The molecule has 5 nitrogen and oxygen atoms in total. The zero-order valence-corrected chi connectivity index (χ0v) is 10.7. The third-order valence-electron chi connectivity index (χ3n) is 2.12.